The first kappa shape index (κ1) is 17.6. The predicted octanol–water partition coefficient (Wildman–Crippen LogP) is 2.62. The van der Waals surface area contributed by atoms with Gasteiger partial charge in [0.25, 0.3) is 0 Å². The summed E-state index contributed by atoms with van der Waals surface area (Å²) in [4.78, 5) is 7.11. The Morgan fingerprint density at radius 2 is 2.08 bits per heavy atom. The number of thiocarbonyl (C=S) groups is 1. The number of aromatic nitrogens is 2. The maximum Gasteiger partial charge on any atom is 0.451 e. The van der Waals surface area contributed by atoms with Crippen molar-refractivity contribution in [3.63, 3.8) is 0 Å². The molecule has 25 heavy (non-hydrogen) atoms. The lowest BCUT2D eigenvalue weighted by Crippen LogP contribution is -2.42. The second-order valence-electron chi connectivity index (χ2n) is 5.51. The van der Waals surface area contributed by atoms with Gasteiger partial charge < -0.3 is 10.1 Å². The smallest absolute Gasteiger partial charge is 0.376 e. The van der Waals surface area contributed by atoms with Crippen molar-refractivity contribution in [1.29, 1.82) is 0 Å². The standard InChI is InChI=1S/C15H16F3N5OS/c16-15(17,18)13-20-11-6-2-1-5-10(11)12(21-13)22-23-14(25)19-8-9-4-3-7-24-9/h1-2,5-6,9H,3-4,7-8H2,(H2,19,23,25)(H,20,21,22)/t9-/m1/s1. The van der Waals surface area contributed by atoms with E-state index < -0.39 is 12.0 Å². The fourth-order valence-electron chi connectivity index (χ4n) is 2.47. The normalized spacial score (nSPS) is 17.5. The Morgan fingerprint density at radius 3 is 2.80 bits per heavy atom. The number of halogens is 3. The number of anilines is 1. The molecule has 0 spiro atoms. The number of alkyl halides is 3. The summed E-state index contributed by atoms with van der Waals surface area (Å²) in [5, 5.41) is 3.65. The quantitative estimate of drug-likeness (QED) is 0.564. The highest BCUT2D eigenvalue weighted by molar-refractivity contribution is 7.80. The van der Waals surface area contributed by atoms with Crippen molar-refractivity contribution in [3.8, 4) is 0 Å². The fraction of sp³-hybridized carbons (Fsp3) is 0.400. The van der Waals surface area contributed by atoms with Gasteiger partial charge in [-0.05, 0) is 37.2 Å². The van der Waals surface area contributed by atoms with E-state index in [0.29, 0.717) is 11.9 Å². The van der Waals surface area contributed by atoms with Crippen LogP contribution >= 0.6 is 12.2 Å². The summed E-state index contributed by atoms with van der Waals surface area (Å²) in [5.74, 6) is -1.21. The lowest BCUT2D eigenvalue weighted by atomic mass is 10.2. The fourth-order valence-corrected chi connectivity index (χ4v) is 2.61. The van der Waals surface area contributed by atoms with E-state index in [1.54, 1.807) is 18.2 Å². The zero-order valence-electron chi connectivity index (χ0n) is 13.1. The lowest BCUT2D eigenvalue weighted by molar-refractivity contribution is -0.144. The van der Waals surface area contributed by atoms with Gasteiger partial charge in [0.2, 0.25) is 5.82 Å². The van der Waals surface area contributed by atoms with Crippen molar-refractivity contribution in [1.82, 2.24) is 20.7 Å². The van der Waals surface area contributed by atoms with Crippen molar-refractivity contribution in [2.45, 2.75) is 25.1 Å². The molecule has 0 unspecified atom stereocenters. The molecule has 0 saturated carbocycles. The Morgan fingerprint density at radius 1 is 1.28 bits per heavy atom. The van der Waals surface area contributed by atoms with Crippen LogP contribution in [0.2, 0.25) is 0 Å². The molecule has 0 radical (unpaired) electrons. The summed E-state index contributed by atoms with van der Waals surface area (Å²) in [5.41, 5.74) is 5.47. The van der Waals surface area contributed by atoms with Crippen molar-refractivity contribution >= 4 is 34.1 Å². The number of nitrogens with zero attached hydrogens (tertiary/aromatic N) is 2. The molecular weight excluding hydrogens is 355 g/mol. The van der Waals surface area contributed by atoms with Gasteiger partial charge in [0.05, 0.1) is 11.6 Å². The van der Waals surface area contributed by atoms with Gasteiger partial charge >= 0.3 is 6.18 Å². The molecule has 0 bridgehead atoms. The summed E-state index contributed by atoms with van der Waals surface area (Å²) < 4.78 is 44.3. The van der Waals surface area contributed by atoms with E-state index in [1.165, 1.54) is 6.07 Å². The second-order valence-corrected chi connectivity index (χ2v) is 5.91. The first-order chi connectivity index (χ1) is 11.9. The third-order valence-corrected chi connectivity index (χ3v) is 3.91. The molecule has 1 aromatic heterocycles. The minimum Gasteiger partial charge on any atom is -0.376 e. The molecule has 1 aliphatic rings. The predicted molar refractivity (Wildman–Crippen MR) is 90.9 cm³/mol. The van der Waals surface area contributed by atoms with Gasteiger partial charge in [-0.3, -0.25) is 10.9 Å². The van der Waals surface area contributed by atoms with Crippen LogP contribution in [0, 0.1) is 0 Å². The Bertz CT molecular complexity index is 764. The Kier molecular flexibility index (Phi) is 5.19. The van der Waals surface area contributed by atoms with Crippen LogP contribution in [0.1, 0.15) is 18.7 Å². The zero-order valence-corrected chi connectivity index (χ0v) is 13.9. The topological polar surface area (TPSA) is 71.1 Å². The average molecular weight is 371 g/mol. The third kappa shape index (κ3) is 4.45. The molecule has 0 aliphatic carbocycles. The van der Waals surface area contributed by atoms with Crippen LogP contribution in [0.4, 0.5) is 19.0 Å². The van der Waals surface area contributed by atoms with E-state index in [-0.39, 0.29) is 22.6 Å². The summed E-state index contributed by atoms with van der Waals surface area (Å²) >= 11 is 5.11. The molecular formula is C15H16F3N5OS. The minimum absolute atomic E-state index is 0.000749. The number of rotatable bonds is 4. The zero-order chi connectivity index (χ0) is 17.9. The Balaban J connectivity index is 1.70. The summed E-state index contributed by atoms with van der Waals surface area (Å²) in [6.45, 7) is 1.27. The molecule has 3 rings (SSSR count). The molecule has 1 aliphatic heterocycles. The molecule has 1 atom stereocenters. The van der Waals surface area contributed by atoms with E-state index in [2.05, 4.69) is 26.1 Å². The highest BCUT2D eigenvalue weighted by atomic mass is 32.1. The highest BCUT2D eigenvalue weighted by Gasteiger charge is 2.35. The maximum atomic E-state index is 13.0. The number of hydrogen-bond donors (Lipinski definition) is 3. The van der Waals surface area contributed by atoms with Gasteiger partial charge in [-0.25, -0.2) is 9.97 Å². The first-order valence-electron chi connectivity index (χ1n) is 7.69. The molecule has 1 saturated heterocycles. The van der Waals surface area contributed by atoms with Crippen molar-refractivity contribution in [2.75, 3.05) is 18.6 Å². The van der Waals surface area contributed by atoms with E-state index in [1.807, 2.05) is 0 Å². The Hall–Kier alpha value is -2.20. The van der Waals surface area contributed by atoms with Gasteiger partial charge in [-0.2, -0.15) is 13.2 Å². The molecule has 0 amide bonds. The molecule has 1 fully saturated rings. The molecule has 3 N–H and O–H groups in total. The minimum atomic E-state index is -4.64. The summed E-state index contributed by atoms with van der Waals surface area (Å²) in [6, 6.07) is 6.42. The van der Waals surface area contributed by atoms with Crippen molar-refractivity contribution in [3.05, 3.63) is 30.1 Å². The van der Waals surface area contributed by atoms with E-state index in [0.717, 1.165) is 19.4 Å². The summed E-state index contributed by atoms with van der Waals surface area (Å²) in [7, 11) is 0. The largest absolute Gasteiger partial charge is 0.451 e. The molecule has 2 heterocycles. The van der Waals surface area contributed by atoms with E-state index in [9.17, 15) is 13.2 Å². The lowest BCUT2D eigenvalue weighted by Gasteiger charge is -2.16. The van der Waals surface area contributed by atoms with Crippen LogP contribution in [0.15, 0.2) is 24.3 Å². The molecule has 1 aromatic carbocycles. The summed E-state index contributed by atoms with van der Waals surface area (Å²) in [6.07, 6.45) is -2.58. The van der Waals surface area contributed by atoms with Crippen molar-refractivity contribution < 1.29 is 17.9 Å². The number of fused-ring (bicyclic) bond motifs is 1. The first-order valence-corrected chi connectivity index (χ1v) is 8.10. The van der Waals surface area contributed by atoms with Gasteiger partial charge in [0.1, 0.15) is 0 Å². The molecule has 134 valence electrons. The van der Waals surface area contributed by atoms with Crippen LogP contribution in [0.5, 0.6) is 0 Å². The average Bonchev–Trinajstić information content (AvgIpc) is 3.10. The molecule has 10 heteroatoms. The number of ether oxygens (including phenoxy) is 1. The van der Waals surface area contributed by atoms with Crippen LogP contribution in [-0.2, 0) is 10.9 Å². The maximum absolute atomic E-state index is 13.0. The van der Waals surface area contributed by atoms with Gasteiger partial charge in [0, 0.05) is 18.5 Å². The van der Waals surface area contributed by atoms with Crippen LogP contribution in [-0.4, -0.2) is 34.3 Å². The number of hydrazine groups is 1. The van der Waals surface area contributed by atoms with E-state index >= 15 is 0 Å². The van der Waals surface area contributed by atoms with Gasteiger partial charge in [-0.1, -0.05) is 12.1 Å². The van der Waals surface area contributed by atoms with Crippen LogP contribution in [0.3, 0.4) is 0 Å². The third-order valence-electron chi connectivity index (χ3n) is 3.67. The van der Waals surface area contributed by atoms with Crippen molar-refractivity contribution in [2.24, 2.45) is 0 Å². The Labute approximate surface area is 147 Å². The number of benzene rings is 1. The van der Waals surface area contributed by atoms with Crippen LogP contribution in [0.25, 0.3) is 10.9 Å². The number of nitrogens with one attached hydrogen (secondary N) is 3. The SMILES string of the molecule is FC(F)(F)c1nc(NNC(=S)NC[C@H]2CCCO2)c2ccccc2n1. The van der Waals surface area contributed by atoms with Crippen LogP contribution < -0.4 is 16.2 Å². The van der Waals surface area contributed by atoms with Gasteiger partial charge in [0.15, 0.2) is 10.9 Å². The monoisotopic (exact) mass is 371 g/mol. The highest BCUT2D eigenvalue weighted by Crippen LogP contribution is 2.29. The second kappa shape index (κ2) is 7.36. The van der Waals surface area contributed by atoms with Gasteiger partial charge in [-0.15, -0.1) is 0 Å². The van der Waals surface area contributed by atoms with E-state index in [4.69, 9.17) is 17.0 Å². The number of hydrogen-bond acceptors (Lipinski definition) is 5. The number of para-hydroxylation sites is 1. The molecule has 2 aromatic rings. The molecule has 6 nitrogen and oxygen atoms in total.